The molecular weight excluding hydrogens is 360 g/mol. The van der Waals surface area contributed by atoms with Gasteiger partial charge in [0.05, 0.1) is 12.1 Å². The molecule has 4 aliphatic rings. The lowest BCUT2D eigenvalue weighted by molar-refractivity contribution is -0.494. The topological polar surface area (TPSA) is 87.6 Å². The number of thioether (sulfide) groups is 2. The molecule has 0 radical (unpaired) electrons. The van der Waals surface area contributed by atoms with Gasteiger partial charge in [0.2, 0.25) is 4.20 Å². The predicted molar refractivity (Wildman–Crippen MR) is 109 cm³/mol. The monoisotopic (exact) mass is 389 g/mol. The smallest absolute Gasteiger partial charge is 0.265 e. The van der Waals surface area contributed by atoms with Crippen molar-refractivity contribution in [3.05, 3.63) is 12.2 Å². The van der Waals surface area contributed by atoms with E-state index < -0.39 is 15.0 Å². The molecule has 0 aromatic heterocycles. The number of nitrogens with zero attached hydrogens (tertiary/aromatic N) is 2. The second-order valence-corrected chi connectivity index (χ2v) is 10.5. The molecule has 3 N–H and O–H groups in total. The van der Waals surface area contributed by atoms with E-state index in [0.717, 1.165) is 50.0 Å². The van der Waals surface area contributed by atoms with Gasteiger partial charge in [0.15, 0.2) is 10.8 Å². The van der Waals surface area contributed by atoms with Crippen LogP contribution < -0.4 is 10.7 Å². The molecule has 4 rings (SSSR count). The van der Waals surface area contributed by atoms with Gasteiger partial charge in [-0.1, -0.05) is 62.4 Å². The first kappa shape index (κ1) is 19.6. The summed E-state index contributed by atoms with van der Waals surface area (Å²) in [6.45, 7) is 4.37. The molecule has 4 atom stereocenters. The summed E-state index contributed by atoms with van der Waals surface area (Å²) in [6.07, 6.45) is 10.7. The van der Waals surface area contributed by atoms with E-state index in [1.54, 1.807) is 0 Å². The minimum Gasteiger partial charge on any atom is -0.290 e. The first-order valence-corrected chi connectivity index (χ1v) is 11.8. The molecule has 0 unspecified atom stereocenters. The molecule has 3 aliphatic carbocycles. The van der Waals surface area contributed by atoms with E-state index in [0.29, 0.717) is 5.84 Å². The average Bonchev–Trinajstić information content (AvgIpc) is 2.91. The fourth-order valence-corrected chi connectivity index (χ4v) is 8.76. The molecule has 0 amide bonds. The van der Waals surface area contributed by atoms with Gasteiger partial charge in [-0.25, -0.2) is 0 Å². The number of nitrogens with one attached hydrogen (secondary N) is 1. The Bertz CT molecular complexity index is 679. The fraction of sp³-hybridized carbons (Fsp3) is 0.750. The Morgan fingerprint density at radius 1 is 1.08 bits per heavy atom. The van der Waals surface area contributed by atoms with Crippen molar-refractivity contribution in [2.75, 3.05) is 11.5 Å². The van der Waals surface area contributed by atoms with E-state index in [4.69, 9.17) is 5.73 Å². The van der Waals surface area contributed by atoms with E-state index in [-0.39, 0.29) is 11.8 Å². The summed E-state index contributed by atoms with van der Waals surface area (Å²) < 4.78 is -0.542. The lowest BCUT2D eigenvalue weighted by Crippen LogP contribution is -2.86. The summed E-state index contributed by atoms with van der Waals surface area (Å²) in [5, 5.41) is 20.9. The Morgan fingerprint density at radius 2 is 1.65 bits per heavy atom. The molecule has 0 aromatic rings. The number of nitrogens with two attached hydrogens (primary N) is 1. The highest BCUT2D eigenvalue weighted by atomic mass is 32.2. The van der Waals surface area contributed by atoms with Crippen LogP contribution in [0.1, 0.15) is 52.4 Å². The van der Waals surface area contributed by atoms with Crippen LogP contribution in [0.5, 0.6) is 0 Å². The zero-order valence-electron chi connectivity index (χ0n) is 15.8. The zero-order chi connectivity index (χ0) is 18.8. The number of allylic oxidation sites excluding steroid dienone is 2. The summed E-state index contributed by atoms with van der Waals surface area (Å²) >= 11 is 3.63. The largest absolute Gasteiger partial charge is 0.290 e. The molecule has 1 fully saturated rings. The van der Waals surface area contributed by atoms with E-state index in [2.05, 4.69) is 43.1 Å². The van der Waals surface area contributed by atoms with Crippen molar-refractivity contribution in [2.45, 2.75) is 56.6 Å². The number of nitriles is 2. The van der Waals surface area contributed by atoms with Crippen LogP contribution in [0.4, 0.5) is 0 Å². The summed E-state index contributed by atoms with van der Waals surface area (Å²) in [6, 6.07) is 5.26. The van der Waals surface area contributed by atoms with Gasteiger partial charge in [-0.2, -0.15) is 10.5 Å². The van der Waals surface area contributed by atoms with Crippen LogP contribution in [0.15, 0.2) is 12.2 Å². The maximum Gasteiger partial charge on any atom is 0.265 e. The summed E-state index contributed by atoms with van der Waals surface area (Å²) in [5.74, 6) is 2.58. The van der Waals surface area contributed by atoms with E-state index in [9.17, 15) is 10.5 Å². The van der Waals surface area contributed by atoms with Crippen LogP contribution in [0.25, 0.3) is 0 Å². The quantitative estimate of drug-likeness (QED) is 0.379. The normalized spacial score (nSPS) is 36.2. The molecule has 2 bridgehead atoms. The molecule has 4 nitrogen and oxygen atoms in total. The number of fused-ring (bicyclic) bond motifs is 1. The fourth-order valence-electron chi connectivity index (χ4n) is 4.95. The highest BCUT2D eigenvalue weighted by molar-refractivity contribution is 8.17. The van der Waals surface area contributed by atoms with Crippen molar-refractivity contribution in [3.8, 4) is 12.1 Å². The minimum absolute atomic E-state index is 0.0325. The minimum atomic E-state index is -0.919. The lowest BCUT2D eigenvalue weighted by atomic mass is 9.46. The molecule has 140 valence electrons. The van der Waals surface area contributed by atoms with Gasteiger partial charge in [0, 0.05) is 11.8 Å². The Balaban J connectivity index is 2.13. The predicted octanol–water partition coefficient (Wildman–Crippen LogP) is 2.77. The van der Waals surface area contributed by atoms with Crippen LogP contribution in [0, 0.1) is 45.3 Å². The molecule has 0 aromatic carbocycles. The molecule has 26 heavy (non-hydrogen) atoms. The van der Waals surface area contributed by atoms with E-state index in [1.807, 2.05) is 23.5 Å². The third kappa shape index (κ3) is 2.38. The Kier molecular flexibility index (Phi) is 5.66. The third-order valence-corrected chi connectivity index (χ3v) is 9.65. The maximum atomic E-state index is 10.6. The van der Waals surface area contributed by atoms with Crippen molar-refractivity contribution in [3.63, 3.8) is 0 Å². The van der Waals surface area contributed by atoms with Gasteiger partial charge in [-0.15, -0.1) is 0 Å². The second kappa shape index (κ2) is 7.49. The molecule has 1 aliphatic heterocycles. The number of amidine groups is 1. The van der Waals surface area contributed by atoms with Crippen molar-refractivity contribution in [1.82, 2.24) is 0 Å². The third-order valence-electron chi connectivity index (χ3n) is 6.30. The molecule has 1 heterocycles. The van der Waals surface area contributed by atoms with Crippen molar-refractivity contribution < 1.29 is 4.99 Å². The first-order valence-electron chi connectivity index (χ1n) is 9.78. The summed E-state index contributed by atoms with van der Waals surface area (Å²) in [4.78, 5) is 3.55. The van der Waals surface area contributed by atoms with Gasteiger partial charge < -0.3 is 0 Å². The SMILES string of the molecule is CCCCSC1(SCCCC)[NH+]=C(N)[C@@]2(C#N)[C@@H]3C=C[C@H](CC3)[C@]12C#N. The van der Waals surface area contributed by atoms with Gasteiger partial charge in [0.1, 0.15) is 0 Å². The number of hydrogen-bond donors (Lipinski definition) is 2. The van der Waals surface area contributed by atoms with Crippen molar-refractivity contribution in [1.29, 1.82) is 10.5 Å². The maximum absolute atomic E-state index is 10.6. The standard InChI is InChI=1S/C20H28N4S2/c1-3-5-11-25-20(26-12-6-4-2)19(14-22)16-9-7-15(8-10-16)18(19,13-21)17(23)24-20/h7,9,15-16H,3-6,8,10-12H2,1-2H3,(H2,23,24)/p+1/t15-,16-,18-,19+/m1/s1. The second-order valence-electron chi connectivity index (χ2n) is 7.57. The van der Waals surface area contributed by atoms with Crippen LogP contribution in [0.2, 0.25) is 0 Å². The van der Waals surface area contributed by atoms with Crippen molar-refractivity contribution >= 4 is 29.4 Å². The van der Waals surface area contributed by atoms with E-state index >= 15 is 0 Å². The number of hydrogen-bond acceptors (Lipinski definition) is 5. The highest BCUT2D eigenvalue weighted by Gasteiger charge is 2.81. The average molecular weight is 390 g/mol. The van der Waals surface area contributed by atoms with Crippen LogP contribution >= 0.6 is 23.5 Å². The Morgan fingerprint density at radius 3 is 2.12 bits per heavy atom. The van der Waals surface area contributed by atoms with Gasteiger partial charge in [-0.3, -0.25) is 10.7 Å². The highest BCUT2D eigenvalue weighted by Crippen LogP contribution is 2.69. The number of unbranched alkanes of at least 4 members (excludes halogenated alkanes) is 2. The van der Waals surface area contributed by atoms with Crippen LogP contribution in [-0.4, -0.2) is 21.5 Å². The Labute approximate surface area is 165 Å². The Hall–Kier alpha value is -1.11. The molecular formula is C20H29N4S2+. The van der Waals surface area contributed by atoms with Crippen LogP contribution in [-0.2, 0) is 0 Å². The molecule has 6 heteroatoms. The van der Waals surface area contributed by atoms with Gasteiger partial charge in [-0.05, 0) is 37.2 Å². The van der Waals surface area contributed by atoms with E-state index in [1.165, 1.54) is 0 Å². The zero-order valence-corrected chi connectivity index (χ0v) is 17.4. The number of rotatable bonds is 8. The van der Waals surface area contributed by atoms with Gasteiger partial charge in [0.25, 0.3) is 5.84 Å². The van der Waals surface area contributed by atoms with Crippen LogP contribution in [0.3, 0.4) is 0 Å². The summed E-state index contributed by atoms with van der Waals surface area (Å²) in [5.41, 5.74) is 4.81. The summed E-state index contributed by atoms with van der Waals surface area (Å²) in [7, 11) is 0. The molecule has 1 saturated carbocycles. The molecule has 0 saturated heterocycles. The molecule has 0 spiro atoms. The lowest BCUT2D eigenvalue weighted by Gasteiger charge is -2.54. The van der Waals surface area contributed by atoms with Gasteiger partial charge >= 0.3 is 0 Å². The van der Waals surface area contributed by atoms with Crippen molar-refractivity contribution in [2.24, 2.45) is 28.4 Å². The first-order chi connectivity index (χ1) is 12.6.